The lowest BCUT2D eigenvalue weighted by molar-refractivity contribution is 0.482. The average Bonchev–Trinajstić information content (AvgIpc) is 2.86. The maximum atomic E-state index is 5.69. The summed E-state index contributed by atoms with van der Waals surface area (Å²) in [6, 6.07) is 8.68. The number of nitrogens with one attached hydrogen (secondary N) is 1. The molecule has 20 heavy (non-hydrogen) atoms. The van der Waals surface area contributed by atoms with Gasteiger partial charge in [0, 0.05) is 19.0 Å². The van der Waals surface area contributed by atoms with Crippen LogP contribution in [-0.4, -0.2) is 20.8 Å². The van der Waals surface area contributed by atoms with Crippen molar-refractivity contribution in [2.75, 3.05) is 0 Å². The third-order valence-corrected chi connectivity index (χ3v) is 3.36. The van der Waals surface area contributed by atoms with Crippen LogP contribution in [0.5, 0.6) is 0 Å². The Balaban J connectivity index is 2.03. The van der Waals surface area contributed by atoms with Crippen LogP contribution in [0.1, 0.15) is 30.3 Å². The van der Waals surface area contributed by atoms with Gasteiger partial charge in [0.1, 0.15) is 12.2 Å². The van der Waals surface area contributed by atoms with Crippen LogP contribution in [0.25, 0.3) is 0 Å². The third-order valence-electron chi connectivity index (χ3n) is 3.36. The topological polar surface area (TPSA) is 68.8 Å². The Hall–Kier alpha value is -1.72. The Kier molecular flexibility index (Phi) is 5.26. The molecule has 0 saturated heterocycles. The highest BCUT2D eigenvalue weighted by Crippen LogP contribution is 2.09. The van der Waals surface area contributed by atoms with E-state index in [0.29, 0.717) is 0 Å². The van der Waals surface area contributed by atoms with Gasteiger partial charge in [-0.3, -0.25) is 16.0 Å². The van der Waals surface area contributed by atoms with E-state index in [-0.39, 0.29) is 6.04 Å². The molecule has 1 unspecified atom stereocenters. The molecule has 5 heteroatoms. The van der Waals surface area contributed by atoms with E-state index in [0.717, 1.165) is 31.6 Å². The SMILES string of the molecule is CCCn1ncnc1CC(Cc1cccc(C)c1)NN. The van der Waals surface area contributed by atoms with Crippen LogP contribution in [0.15, 0.2) is 30.6 Å². The van der Waals surface area contributed by atoms with Gasteiger partial charge >= 0.3 is 0 Å². The summed E-state index contributed by atoms with van der Waals surface area (Å²) in [5.74, 6) is 6.68. The van der Waals surface area contributed by atoms with Gasteiger partial charge in [-0.15, -0.1) is 0 Å². The quantitative estimate of drug-likeness (QED) is 0.594. The molecule has 1 heterocycles. The Morgan fingerprint density at radius 2 is 2.20 bits per heavy atom. The number of nitrogens with zero attached hydrogens (tertiary/aromatic N) is 3. The minimum Gasteiger partial charge on any atom is -0.271 e. The molecular weight excluding hydrogens is 250 g/mol. The summed E-state index contributed by atoms with van der Waals surface area (Å²) in [5, 5.41) is 4.25. The van der Waals surface area contributed by atoms with Crippen molar-refractivity contribution in [2.45, 2.75) is 45.7 Å². The minimum atomic E-state index is 0.164. The van der Waals surface area contributed by atoms with Crippen LogP contribution in [0.2, 0.25) is 0 Å². The van der Waals surface area contributed by atoms with E-state index in [1.54, 1.807) is 6.33 Å². The first-order chi connectivity index (χ1) is 9.72. The van der Waals surface area contributed by atoms with Crippen LogP contribution in [0, 0.1) is 6.92 Å². The Labute approximate surface area is 120 Å². The number of benzene rings is 1. The smallest absolute Gasteiger partial charge is 0.138 e. The molecule has 0 amide bonds. The highest BCUT2D eigenvalue weighted by atomic mass is 15.3. The lowest BCUT2D eigenvalue weighted by Crippen LogP contribution is -2.39. The molecule has 1 aromatic heterocycles. The molecule has 2 rings (SSSR count). The summed E-state index contributed by atoms with van der Waals surface area (Å²) >= 11 is 0. The van der Waals surface area contributed by atoms with Gasteiger partial charge < -0.3 is 0 Å². The van der Waals surface area contributed by atoms with Crippen molar-refractivity contribution < 1.29 is 0 Å². The zero-order chi connectivity index (χ0) is 14.4. The first kappa shape index (κ1) is 14.7. The third kappa shape index (κ3) is 3.88. The predicted octanol–water partition coefficient (Wildman–Crippen LogP) is 1.61. The molecular formula is C15H23N5. The van der Waals surface area contributed by atoms with E-state index in [1.165, 1.54) is 11.1 Å². The number of nitrogens with two attached hydrogens (primary N) is 1. The minimum absolute atomic E-state index is 0.164. The molecule has 0 aliphatic heterocycles. The number of hydrogen-bond acceptors (Lipinski definition) is 4. The second kappa shape index (κ2) is 7.17. The number of aromatic nitrogens is 3. The van der Waals surface area contributed by atoms with E-state index < -0.39 is 0 Å². The first-order valence-corrected chi connectivity index (χ1v) is 7.11. The van der Waals surface area contributed by atoms with Gasteiger partial charge in [-0.05, 0) is 25.3 Å². The number of hydrazine groups is 1. The second-order valence-electron chi connectivity index (χ2n) is 5.16. The molecule has 0 aliphatic rings. The summed E-state index contributed by atoms with van der Waals surface area (Å²) in [4.78, 5) is 4.34. The number of hydrogen-bond donors (Lipinski definition) is 2. The summed E-state index contributed by atoms with van der Waals surface area (Å²) in [7, 11) is 0. The van der Waals surface area contributed by atoms with Crippen molar-refractivity contribution in [3.63, 3.8) is 0 Å². The molecule has 0 bridgehead atoms. The summed E-state index contributed by atoms with van der Waals surface area (Å²) in [6.45, 7) is 5.14. The molecule has 5 nitrogen and oxygen atoms in total. The summed E-state index contributed by atoms with van der Waals surface area (Å²) in [5.41, 5.74) is 5.45. The molecule has 0 radical (unpaired) electrons. The van der Waals surface area contributed by atoms with Crippen molar-refractivity contribution in [2.24, 2.45) is 5.84 Å². The molecule has 1 aromatic carbocycles. The van der Waals surface area contributed by atoms with Gasteiger partial charge in [0.25, 0.3) is 0 Å². The summed E-state index contributed by atoms with van der Waals surface area (Å²) < 4.78 is 1.96. The van der Waals surface area contributed by atoms with Crippen LogP contribution >= 0.6 is 0 Å². The van der Waals surface area contributed by atoms with Crippen molar-refractivity contribution in [3.05, 3.63) is 47.5 Å². The maximum Gasteiger partial charge on any atom is 0.138 e. The molecule has 0 saturated carbocycles. The highest BCUT2D eigenvalue weighted by molar-refractivity contribution is 5.23. The van der Waals surface area contributed by atoms with Crippen molar-refractivity contribution in [1.29, 1.82) is 0 Å². The van der Waals surface area contributed by atoms with Crippen molar-refractivity contribution in [1.82, 2.24) is 20.2 Å². The molecule has 2 aromatic rings. The molecule has 108 valence electrons. The van der Waals surface area contributed by atoms with Gasteiger partial charge in [0.05, 0.1) is 0 Å². The van der Waals surface area contributed by atoms with E-state index in [2.05, 4.69) is 53.6 Å². The zero-order valence-electron chi connectivity index (χ0n) is 12.2. The van der Waals surface area contributed by atoms with E-state index in [1.807, 2.05) is 4.68 Å². The number of rotatable bonds is 7. The molecule has 1 atom stereocenters. The van der Waals surface area contributed by atoms with Crippen LogP contribution in [-0.2, 0) is 19.4 Å². The predicted molar refractivity (Wildman–Crippen MR) is 80.0 cm³/mol. The fraction of sp³-hybridized carbons (Fsp3) is 0.467. The monoisotopic (exact) mass is 273 g/mol. The highest BCUT2D eigenvalue weighted by Gasteiger charge is 2.13. The molecule has 3 N–H and O–H groups in total. The zero-order valence-corrected chi connectivity index (χ0v) is 12.2. The van der Waals surface area contributed by atoms with E-state index in [4.69, 9.17) is 5.84 Å². The molecule has 0 spiro atoms. The van der Waals surface area contributed by atoms with Crippen molar-refractivity contribution >= 4 is 0 Å². The van der Waals surface area contributed by atoms with Crippen LogP contribution < -0.4 is 11.3 Å². The van der Waals surface area contributed by atoms with Gasteiger partial charge in [-0.1, -0.05) is 36.8 Å². The number of aryl methyl sites for hydroxylation is 2. The normalized spacial score (nSPS) is 12.6. The van der Waals surface area contributed by atoms with E-state index in [9.17, 15) is 0 Å². The fourth-order valence-electron chi connectivity index (χ4n) is 2.38. The lowest BCUT2D eigenvalue weighted by Gasteiger charge is -2.16. The Morgan fingerprint density at radius 3 is 2.90 bits per heavy atom. The van der Waals surface area contributed by atoms with Crippen molar-refractivity contribution in [3.8, 4) is 0 Å². The standard InChI is InChI=1S/C15H23N5/c1-3-7-20-15(17-11-18-20)10-14(19-16)9-13-6-4-5-12(2)8-13/h4-6,8,11,14,19H,3,7,9-10,16H2,1-2H3. The average molecular weight is 273 g/mol. The first-order valence-electron chi connectivity index (χ1n) is 7.11. The van der Waals surface area contributed by atoms with Gasteiger partial charge in [0.15, 0.2) is 0 Å². The van der Waals surface area contributed by atoms with Gasteiger partial charge in [-0.2, -0.15) is 5.10 Å². The van der Waals surface area contributed by atoms with Crippen LogP contribution in [0.3, 0.4) is 0 Å². The van der Waals surface area contributed by atoms with Crippen LogP contribution in [0.4, 0.5) is 0 Å². The van der Waals surface area contributed by atoms with Gasteiger partial charge in [-0.25, -0.2) is 4.98 Å². The van der Waals surface area contributed by atoms with E-state index >= 15 is 0 Å². The molecule has 0 fully saturated rings. The second-order valence-corrected chi connectivity index (χ2v) is 5.16. The Bertz CT molecular complexity index is 535. The maximum absolute atomic E-state index is 5.69. The fourth-order valence-corrected chi connectivity index (χ4v) is 2.38. The Morgan fingerprint density at radius 1 is 1.35 bits per heavy atom. The molecule has 0 aliphatic carbocycles. The lowest BCUT2D eigenvalue weighted by atomic mass is 10.0. The largest absolute Gasteiger partial charge is 0.271 e. The van der Waals surface area contributed by atoms with Gasteiger partial charge in [0.2, 0.25) is 0 Å². The summed E-state index contributed by atoms with van der Waals surface area (Å²) in [6.07, 6.45) is 4.34.